The van der Waals surface area contributed by atoms with Gasteiger partial charge in [-0.05, 0) is 37.3 Å². The predicted octanol–water partition coefficient (Wildman–Crippen LogP) is 3.24. The number of aryl methyl sites for hydroxylation is 1. The topological polar surface area (TPSA) is 46.2 Å². The van der Waals surface area contributed by atoms with Crippen LogP contribution in [0.15, 0.2) is 29.2 Å². The van der Waals surface area contributed by atoms with Crippen LogP contribution in [0.2, 0.25) is 0 Å². The average molecular weight is 281 g/mol. The first-order chi connectivity index (χ1) is 9.09. The zero-order chi connectivity index (χ0) is 13.7. The van der Waals surface area contributed by atoms with Gasteiger partial charge >= 0.3 is 0 Å². The molecule has 0 bridgehead atoms. The van der Waals surface area contributed by atoms with E-state index in [9.17, 15) is 8.42 Å². The number of sulfonamides is 1. The Bertz CT molecular complexity index is 503. The molecule has 0 unspecified atom stereocenters. The summed E-state index contributed by atoms with van der Waals surface area (Å²) in [5, 5.41) is 0. The Kier molecular flexibility index (Phi) is 4.99. The van der Waals surface area contributed by atoms with Crippen molar-refractivity contribution in [3.05, 3.63) is 29.8 Å². The van der Waals surface area contributed by atoms with E-state index in [1.165, 1.54) is 25.7 Å². The Morgan fingerprint density at radius 3 is 2.37 bits per heavy atom. The molecule has 19 heavy (non-hydrogen) atoms. The molecule has 0 heterocycles. The summed E-state index contributed by atoms with van der Waals surface area (Å²) in [7, 11) is -3.35. The molecule has 0 saturated heterocycles. The lowest BCUT2D eigenvalue weighted by Crippen LogP contribution is -2.29. The van der Waals surface area contributed by atoms with Gasteiger partial charge in [-0.3, -0.25) is 0 Å². The molecule has 1 aromatic carbocycles. The van der Waals surface area contributed by atoms with E-state index >= 15 is 0 Å². The van der Waals surface area contributed by atoms with Crippen molar-refractivity contribution in [1.82, 2.24) is 4.72 Å². The second-order valence-corrected chi connectivity index (χ2v) is 7.21. The molecule has 0 amide bonds. The van der Waals surface area contributed by atoms with Gasteiger partial charge in [0.25, 0.3) is 0 Å². The Balaban J connectivity index is 1.99. The van der Waals surface area contributed by atoms with Crippen LogP contribution in [0.5, 0.6) is 0 Å². The number of hydrogen-bond acceptors (Lipinski definition) is 2. The molecular formula is C15H23NO2S. The third-order valence-corrected chi connectivity index (χ3v) is 5.50. The first kappa shape index (κ1) is 14.5. The smallest absolute Gasteiger partial charge is 0.211 e. The summed E-state index contributed by atoms with van der Waals surface area (Å²) < 4.78 is 27.3. The van der Waals surface area contributed by atoms with Gasteiger partial charge in [0.1, 0.15) is 0 Å². The first-order valence-electron chi connectivity index (χ1n) is 7.15. The van der Waals surface area contributed by atoms with E-state index in [1.807, 2.05) is 19.1 Å². The molecule has 1 aliphatic carbocycles. The number of rotatable bonds is 4. The van der Waals surface area contributed by atoms with Gasteiger partial charge in [-0.1, -0.05) is 43.9 Å². The number of nitrogens with one attached hydrogen (secondary N) is 1. The summed E-state index contributed by atoms with van der Waals surface area (Å²) in [5.41, 5.74) is 0.802. The Morgan fingerprint density at radius 1 is 1.11 bits per heavy atom. The maximum Gasteiger partial charge on any atom is 0.240 e. The van der Waals surface area contributed by atoms with E-state index in [0.29, 0.717) is 17.4 Å². The van der Waals surface area contributed by atoms with Crippen LogP contribution in [0, 0.1) is 12.8 Å². The molecule has 0 atom stereocenters. The zero-order valence-electron chi connectivity index (χ0n) is 11.6. The fourth-order valence-corrected chi connectivity index (χ4v) is 4.09. The molecule has 4 heteroatoms. The quantitative estimate of drug-likeness (QED) is 0.861. The van der Waals surface area contributed by atoms with E-state index in [4.69, 9.17) is 0 Å². The van der Waals surface area contributed by atoms with Crippen molar-refractivity contribution >= 4 is 10.0 Å². The van der Waals surface area contributed by atoms with Crippen LogP contribution < -0.4 is 4.72 Å². The van der Waals surface area contributed by atoms with E-state index in [1.54, 1.807) is 12.1 Å². The van der Waals surface area contributed by atoms with Crippen molar-refractivity contribution in [2.45, 2.75) is 50.3 Å². The molecule has 1 aliphatic rings. The molecule has 0 radical (unpaired) electrons. The van der Waals surface area contributed by atoms with Crippen molar-refractivity contribution in [3.8, 4) is 0 Å². The highest BCUT2D eigenvalue weighted by molar-refractivity contribution is 7.89. The second-order valence-electron chi connectivity index (χ2n) is 5.47. The van der Waals surface area contributed by atoms with Crippen LogP contribution in [0.3, 0.4) is 0 Å². The van der Waals surface area contributed by atoms with Gasteiger partial charge in [-0.15, -0.1) is 0 Å². The summed E-state index contributed by atoms with van der Waals surface area (Å²) in [6.45, 7) is 2.41. The summed E-state index contributed by atoms with van der Waals surface area (Å²) in [6, 6.07) is 7.14. The second kappa shape index (κ2) is 6.53. The van der Waals surface area contributed by atoms with E-state index < -0.39 is 10.0 Å². The SMILES string of the molecule is Cc1ccccc1S(=O)(=O)NCC1CCCCCC1. The summed E-state index contributed by atoms with van der Waals surface area (Å²) in [4.78, 5) is 0.406. The molecular weight excluding hydrogens is 258 g/mol. The van der Waals surface area contributed by atoms with Crippen molar-refractivity contribution in [1.29, 1.82) is 0 Å². The average Bonchev–Trinajstić information content (AvgIpc) is 2.65. The highest BCUT2D eigenvalue weighted by Gasteiger charge is 2.19. The van der Waals surface area contributed by atoms with Gasteiger partial charge in [0.15, 0.2) is 0 Å². The van der Waals surface area contributed by atoms with Crippen molar-refractivity contribution in [3.63, 3.8) is 0 Å². The molecule has 1 aromatic rings. The lowest BCUT2D eigenvalue weighted by molar-refractivity contribution is 0.451. The van der Waals surface area contributed by atoms with E-state index in [-0.39, 0.29) is 0 Å². The molecule has 1 N–H and O–H groups in total. The number of hydrogen-bond donors (Lipinski definition) is 1. The lowest BCUT2D eigenvalue weighted by Gasteiger charge is -2.15. The maximum atomic E-state index is 12.3. The van der Waals surface area contributed by atoms with E-state index in [2.05, 4.69) is 4.72 Å². The van der Waals surface area contributed by atoms with Gasteiger partial charge in [0, 0.05) is 6.54 Å². The van der Waals surface area contributed by atoms with Crippen LogP contribution in [-0.4, -0.2) is 15.0 Å². The Labute approximate surface area is 116 Å². The van der Waals surface area contributed by atoms with Gasteiger partial charge < -0.3 is 0 Å². The molecule has 0 spiro atoms. The summed E-state index contributed by atoms with van der Waals surface area (Å²) in [5.74, 6) is 0.501. The zero-order valence-corrected chi connectivity index (χ0v) is 12.4. The summed E-state index contributed by atoms with van der Waals surface area (Å²) in [6.07, 6.45) is 7.35. The van der Waals surface area contributed by atoms with Crippen LogP contribution in [0.25, 0.3) is 0 Å². The first-order valence-corrected chi connectivity index (χ1v) is 8.63. The van der Waals surface area contributed by atoms with Gasteiger partial charge in [0.05, 0.1) is 4.90 Å². The maximum absolute atomic E-state index is 12.3. The van der Waals surface area contributed by atoms with Gasteiger partial charge in [0.2, 0.25) is 10.0 Å². The van der Waals surface area contributed by atoms with Crippen LogP contribution in [0.4, 0.5) is 0 Å². The minimum absolute atomic E-state index is 0.406. The van der Waals surface area contributed by atoms with Crippen LogP contribution in [-0.2, 0) is 10.0 Å². The molecule has 106 valence electrons. The molecule has 2 rings (SSSR count). The van der Waals surface area contributed by atoms with E-state index in [0.717, 1.165) is 18.4 Å². The van der Waals surface area contributed by atoms with Crippen LogP contribution >= 0.6 is 0 Å². The highest BCUT2D eigenvalue weighted by atomic mass is 32.2. The van der Waals surface area contributed by atoms with Gasteiger partial charge in [-0.25, -0.2) is 13.1 Å². The third kappa shape index (κ3) is 4.05. The van der Waals surface area contributed by atoms with Gasteiger partial charge in [-0.2, -0.15) is 0 Å². The summed E-state index contributed by atoms with van der Waals surface area (Å²) >= 11 is 0. The predicted molar refractivity (Wildman–Crippen MR) is 77.6 cm³/mol. The molecule has 1 saturated carbocycles. The molecule has 1 fully saturated rings. The molecule has 3 nitrogen and oxygen atoms in total. The third-order valence-electron chi connectivity index (χ3n) is 3.92. The molecule has 0 aliphatic heterocycles. The fraction of sp³-hybridized carbons (Fsp3) is 0.600. The largest absolute Gasteiger partial charge is 0.240 e. The van der Waals surface area contributed by atoms with Crippen molar-refractivity contribution in [2.24, 2.45) is 5.92 Å². The number of benzene rings is 1. The normalized spacial score (nSPS) is 18.2. The van der Waals surface area contributed by atoms with Crippen molar-refractivity contribution in [2.75, 3.05) is 6.54 Å². The standard InChI is InChI=1S/C15H23NO2S/c1-13-8-6-7-11-15(13)19(17,18)16-12-14-9-4-2-3-5-10-14/h6-8,11,14,16H,2-5,9-10,12H2,1H3. The molecule has 0 aromatic heterocycles. The van der Waals surface area contributed by atoms with Crippen molar-refractivity contribution < 1.29 is 8.42 Å². The Morgan fingerprint density at radius 2 is 1.74 bits per heavy atom. The monoisotopic (exact) mass is 281 g/mol. The minimum atomic E-state index is -3.35. The lowest BCUT2D eigenvalue weighted by atomic mass is 10.0. The fourth-order valence-electron chi connectivity index (χ4n) is 2.73. The van der Waals surface area contributed by atoms with Crippen LogP contribution in [0.1, 0.15) is 44.1 Å². The highest BCUT2D eigenvalue weighted by Crippen LogP contribution is 2.23. The minimum Gasteiger partial charge on any atom is -0.211 e. The Hall–Kier alpha value is -0.870.